The monoisotopic (exact) mass is 312 g/mol. The molecule has 0 aliphatic carbocycles. The summed E-state index contributed by atoms with van der Waals surface area (Å²) < 4.78 is 46.9. The number of ketones is 1. The minimum atomic E-state index is -3.77. The van der Waals surface area contributed by atoms with Gasteiger partial charge < -0.3 is 0 Å². The van der Waals surface area contributed by atoms with Gasteiger partial charge in [0, 0.05) is 18.6 Å². The highest BCUT2D eigenvalue weighted by molar-refractivity contribution is 7.95. The molecular formula is C8H12N2O5S3. The standard InChI is InChI=1S/C8H12N2O5S3/c1-6(11)7-5-16-8(9-7)10-18(14,15)4-3-17(2,12)13/h5H,3-4H2,1-2H3,(H,9,10). The number of hydrogen-bond acceptors (Lipinski definition) is 7. The van der Waals surface area contributed by atoms with Crippen LogP contribution in [0.1, 0.15) is 17.4 Å². The van der Waals surface area contributed by atoms with Crippen LogP contribution < -0.4 is 4.72 Å². The molecule has 0 amide bonds. The number of nitrogens with one attached hydrogen (secondary N) is 1. The summed E-state index contributed by atoms with van der Waals surface area (Å²) in [6.07, 6.45) is 0.958. The van der Waals surface area contributed by atoms with E-state index in [0.717, 1.165) is 17.6 Å². The molecule has 18 heavy (non-hydrogen) atoms. The number of rotatable bonds is 6. The quantitative estimate of drug-likeness (QED) is 0.748. The molecule has 1 aromatic heterocycles. The number of Topliss-reactive ketones (excluding diaryl/α,β-unsaturated/α-hetero) is 1. The number of carbonyl (C=O) groups is 1. The minimum absolute atomic E-state index is 0.0497. The number of anilines is 1. The average Bonchev–Trinajstić information content (AvgIpc) is 2.62. The van der Waals surface area contributed by atoms with Crippen LogP contribution in [-0.4, -0.2) is 45.4 Å². The smallest absolute Gasteiger partial charge is 0.235 e. The Morgan fingerprint density at radius 2 is 1.94 bits per heavy atom. The van der Waals surface area contributed by atoms with Crippen molar-refractivity contribution in [1.82, 2.24) is 4.98 Å². The molecule has 0 atom stereocenters. The van der Waals surface area contributed by atoms with Crippen molar-refractivity contribution in [1.29, 1.82) is 0 Å². The molecule has 7 nitrogen and oxygen atoms in total. The molecule has 0 saturated heterocycles. The largest absolute Gasteiger partial charge is 0.293 e. The van der Waals surface area contributed by atoms with Crippen LogP contribution >= 0.6 is 11.3 Å². The highest BCUT2D eigenvalue weighted by Crippen LogP contribution is 2.17. The molecule has 0 radical (unpaired) electrons. The summed E-state index contributed by atoms with van der Waals surface area (Å²) in [6.45, 7) is 1.32. The fraction of sp³-hybridized carbons (Fsp3) is 0.500. The van der Waals surface area contributed by atoms with E-state index in [1.165, 1.54) is 12.3 Å². The van der Waals surface area contributed by atoms with Crippen LogP contribution in [0.2, 0.25) is 0 Å². The molecule has 0 saturated carbocycles. The summed E-state index contributed by atoms with van der Waals surface area (Å²) in [5.41, 5.74) is 0.167. The van der Waals surface area contributed by atoms with Crippen LogP contribution in [-0.2, 0) is 19.9 Å². The number of sulfone groups is 1. The first-order valence-electron chi connectivity index (χ1n) is 4.74. The number of carbonyl (C=O) groups excluding carboxylic acids is 1. The molecule has 1 rings (SSSR count). The first-order valence-corrected chi connectivity index (χ1v) is 9.33. The van der Waals surface area contributed by atoms with Gasteiger partial charge in [0.1, 0.15) is 15.5 Å². The lowest BCUT2D eigenvalue weighted by Crippen LogP contribution is -2.22. The maximum atomic E-state index is 11.5. The highest BCUT2D eigenvalue weighted by atomic mass is 32.2. The van der Waals surface area contributed by atoms with E-state index < -0.39 is 31.4 Å². The van der Waals surface area contributed by atoms with Crippen LogP contribution in [0.25, 0.3) is 0 Å². The van der Waals surface area contributed by atoms with Crippen molar-refractivity contribution in [3.05, 3.63) is 11.1 Å². The minimum Gasteiger partial charge on any atom is -0.293 e. The third kappa shape index (κ3) is 5.10. The Morgan fingerprint density at radius 3 is 2.39 bits per heavy atom. The molecule has 0 bridgehead atoms. The third-order valence-electron chi connectivity index (χ3n) is 1.83. The molecule has 10 heteroatoms. The van der Waals surface area contributed by atoms with Crippen LogP contribution in [0, 0.1) is 0 Å². The normalized spacial score (nSPS) is 12.3. The zero-order chi connectivity index (χ0) is 14.0. The second-order valence-electron chi connectivity index (χ2n) is 3.64. The number of nitrogens with zero attached hydrogens (tertiary/aromatic N) is 1. The van der Waals surface area contributed by atoms with Gasteiger partial charge in [0.15, 0.2) is 10.9 Å². The van der Waals surface area contributed by atoms with Crippen LogP contribution in [0.3, 0.4) is 0 Å². The van der Waals surface area contributed by atoms with Crippen molar-refractivity contribution in [3.8, 4) is 0 Å². The van der Waals surface area contributed by atoms with Crippen molar-refractivity contribution >= 4 is 42.1 Å². The number of aromatic nitrogens is 1. The van der Waals surface area contributed by atoms with Crippen LogP contribution in [0.5, 0.6) is 0 Å². The van der Waals surface area contributed by atoms with Gasteiger partial charge in [-0.2, -0.15) is 0 Å². The SMILES string of the molecule is CC(=O)c1csc(NS(=O)(=O)CCS(C)(=O)=O)n1. The van der Waals surface area contributed by atoms with Gasteiger partial charge in [0.25, 0.3) is 0 Å². The summed E-state index contributed by atoms with van der Waals surface area (Å²) in [7, 11) is -7.12. The Balaban J connectivity index is 2.73. The molecular weight excluding hydrogens is 300 g/mol. The number of sulfonamides is 1. The van der Waals surface area contributed by atoms with E-state index in [9.17, 15) is 21.6 Å². The predicted octanol–water partition coefficient (Wildman–Crippen LogP) is 0.132. The Morgan fingerprint density at radius 1 is 1.33 bits per heavy atom. The van der Waals surface area contributed by atoms with Crippen molar-refractivity contribution < 1.29 is 21.6 Å². The average molecular weight is 312 g/mol. The molecule has 1 heterocycles. The van der Waals surface area contributed by atoms with E-state index in [2.05, 4.69) is 9.71 Å². The first kappa shape index (κ1) is 15.1. The molecule has 0 unspecified atom stereocenters. The molecule has 102 valence electrons. The molecule has 0 aliphatic rings. The van der Waals surface area contributed by atoms with Crippen molar-refractivity contribution in [2.24, 2.45) is 0 Å². The second-order valence-corrected chi connectivity index (χ2v) is 8.60. The molecule has 1 aromatic rings. The third-order valence-corrected chi connectivity index (χ3v) is 5.17. The van der Waals surface area contributed by atoms with Gasteiger partial charge in [-0.15, -0.1) is 11.3 Å². The zero-order valence-corrected chi connectivity index (χ0v) is 12.2. The lowest BCUT2D eigenvalue weighted by molar-refractivity contribution is 0.101. The van der Waals surface area contributed by atoms with E-state index in [4.69, 9.17) is 0 Å². The molecule has 0 aliphatic heterocycles. The molecule has 0 fully saturated rings. The second kappa shape index (κ2) is 5.33. The van der Waals surface area contributed by atoms with E-state index in [1.54, 1.807) is 0 Å². The van der Waals surface area contributed by atoms with Crippen LogP contribution in [0.15, 0.2) is 5.38 Å². The van der Waals surface area contributed by atoms with E-state index in [-0.39, 0.29) is 16.6 Å². The topological polar surface area (TPSA) is 110 Å². The molecule has 0 spiro atoms. The lowest BCUT2D eigenvalue weighted by atomic mass is 10.4. The van der Waals surface area contributed by atoms with Crippen molar-refractivity contribution in [3.63, 3.8) is 0 Å². The molecule has 0 aromatic carbocycles. The Bertz CT molecular complexity index is 644. The van der Waals surface area contributed by atoms with Crippen molar-refractivity contribution in [2.45, 2.75) is 6.92 Å². The van der Waals surface area contributed by atoms with Gasteiger partial charge in [-0.1, -0.05) is 0 Å². The fourth-order valence-corrected chi connectivity index (χ4v) is 4.60. The van der Waals surface area contributed by atoms with Crippen molar-refractivity contribution in [2.75, 3.05) is 22.5 Å². The Hall–Kier alpha value is -1.00. The predicted molar refractivity (Wildman–Crippen MR) is 69.2 cm³/mol. The van der Waals surface area contributed by atoms with E-state index in [1.807, 2.05) is 0 Å². The maximum Gasteiger partial charge on any atom is 0.235 e. The summed E-state index contributed by atoms with van der Waals surface area (Å²) in [6, 6.07) is 0. The van der Waals surface area contributed by atoms with Gasteiger partial charge in [-0.25, -0.2) is 21.8 Å². The van der Waals surface area contributed by atoms with Gasteiger partial charge in [-0.3, -0.25) is 9.52 Å². The molecule has 1 N–H and O–H groups in total. The highest BCUT2D eigenvalue weighted by Gasteiger charge is 2.16. The summed E-state index contributed by atoms with van der Waals surface area (Å²) in [4.78, 5) is 14.7. The lowest BCUT2D eigenvalue weighted by Gasteiger charge is -2.03. The fourth-order valence-electron chi connectivity index (χ4n) is 0.927. The van der Waals surface area contributed by atoms with Crippen LogP contribution in [0.4, 0.5) is 5.13 Å². The number of thiazole rings is 1. The summed E-state index contributed by atoms with van der Waals surface area (Å²) in [5, 5.41) is 1.48. The van der Waals surface area contributed by atoms with E-state index >= 15 is 0 Å². The Labute approximate surface area is 109 Å². The first-order chi connectivity index (χ1) is 8.09. The maximum absolute atomic E-state index is 11.5. The van der Waals surface area contributed by atoms with Gasteiger partial charge in [0.05, 0.1) is 11.5 Å². The number of hydrogen-bond donors (Lipinski definition) is 1. The van der Waals surface area contributed by atoms with Gasteiger partial charge in [-0.05, 0) is 0 Å². The summed E-state index contributed by atoms with van der Waals surface area (Å²) in [5.74, 6) is -1.28. The zero-order valence-electron chi connectivity index (χ0n) is 9.70. The van der Waals surface area contributed by atoms with E-state index in [0.29, 0.717) is 0 Å². The van der Waals surface area contributed by atoms with Gasteiger partial charge >= 0.3 is 0 Å². The van der Waals surface area contributed by atoms with Gasteiger partial charge in [0.2, 0.25) is 10.0 Å². The Kier molecular flexibility index (Phi) is 4.46. The summed E-state index contributed by atoms with van der Waals surface area (Å²) >= 11 is 0.966.